The molecule has 0 aliphatic carbocycles. The average molecular weight is 595 g/mol. The van der Waals surface area contributed by atoms with Crippen molar-refractivity contribution in [2.75, 3.05) is 13.2 Å². The van der Waals surface area contributed by atoms with Crippen molar-refractivity contribution in [1.29, 1.82) is 0 Å². The fraction of sp³-hybridized carbons (Fsp3) is 0.306. The van der Waals surface area contributed by atoms with Gasteiger partial charge in [0.05, 0.1) is 18.0 Å². The van der Waals surface area contributed by atoms with Crippen molar-refractivity contribution in [1.82, 2.24) is 19.9 Å². The molecule has 0 unspecified atom stereocenters. The van der Waals surface area contributed by atoms with Crippen LogP contribution in [-0.2, 0) is 17.6 Å². The summed E-state index contributed by atoms with van der Waals surface area (Å²) >= 11 is 0. The van der Waals surface area contributed by atoms with E-state index in [4.69, 9.17) is 9.72 Å². The molecule has 2 N–H and O–H groups in total. The molecule has 0 saturated carbocycles. The van der Waals surface area contributed by atoms with Crippen LogP contribution < -0.4 is 15.6 Å². The number of H-pyrrole nitrogens is 1. The summed E-state index contributed by atoms with van der Waals surface area (Å²) in [7, 11) is 0. The Labute approximate surface area is 257 Å². The van der Waals surface area contributed by atoms with E-state index in [-0.39, 0.29) is 23.6 Å². The first-order chi connectivity index (χ1) is 21.5. The minimum Gasteiger partial charge on any atom is -0.491 e. The van der Waals surface area contributed by atoms with Gasteiger partial charge in [0.2, 0.25) is 5.91 Å². The van der Waals surface area contributed by atoms with Crippen molar-refractivity contribution in [2.45, 2.75) is 58.3 Å². The van der Waals surface area contributed by atoms with E-state index in [2.05, 4.69) is 10.3 Å². The predicted molar refractivity (Wildman–Crippen MR) is 171 cm³/mol. The number of aromatic nitrogens is 3. The van der Waals surface area contributed by atoms with E-state index >= 15 is 0 Å². The van der Waals surface area contributed by atoms with E-state index in [1.807, 2.05) is 60.7 Å². The number of unbranched alkanes of at least 4 members (excludes halogenated alkanes) is 5. The second-order valence-electron chi connectivity index (χ2n) is 11.1. The van der Waals surface area contributed by atoms with Crippen LogP contribution in [0.2, 0.25) is 0 Å². The standard InChI is InChI=1S/C36H39FN4O3/c1-26(42)38-20-12-4-2-3-5-13-21-44-34-19-18-28(22-30(34)37)24-32-36(43)41-25-33(29-16-10-7-11-17-29)39-31(35(41)40-32)23-27-14-8-6-9-15-27/h6-11,14-19,22,25,39H,2-5,12-13,20-21,23-24H2,1H3,(H,38,42). The zero-order valence-corrected chi connectivity index (χ0v) is 25.2. The molecular formula is C36H39FN4O3. The number of benzene rings is 3. The zero-order valence-electron chi connectivity index (χ0n) is 25.2. The smallest absolute Gasteiger partial charge is 0.278 e. The highest BCUT2D eigenvalue weighted by Gasteiger charge is 2.21. The first-order valence-electron chi connectivity index (χ1n) is 15.4. The number of hydrogen-bond acceptors (Lipinski definition) is 4. The number of amides is 1. The Hall–Kier alpha value is -4.72. The molecule has 0 atom stereocenters. The molecule has 1 amide bonds. The Morgan fingerprint density at radius 1 is 0.886 bits per heavy atom. The quantitative estimate of drug-likeness (QED) is 0.130. The number of rotatable bonds is 15. The molecule has 0 fully saturated rings. The number of carbonyl (C=O) groups excluding carboxylic acids is 1. The molecule has 228 valence electrons. The lowest BCUT2D eigenvalue weighted by atomic mass is 10.1. The van der Waals surface area contributed by atoms with Crippen LogP contribution in [0.1, 0.15) is 68.0 Å². The molecule has 0 bridgehead atoms. The van der Waals surface area contributed by atoms with Crippen LogP contribution in [0.15, 0.2) is 89.9 Å². The summed E-state index contributed by atoms with van der Waals surface area (Å²) in [4.78, 5) is 32.7. The number of fused-ring (bicyclic) bond motifs is 1. The largest absolute Gasteiger partial charge is 0.491 e. The van der Waals surface area contributed by atoms with E-state index in [9.17, 15) is 14.0 Å². The van der Waals surface area contributed by atoms with Crippen molar-refractivity contribution in [3.63, 3.8) is 0 Å². The summed E-state index contributed by atoms with van der Waals surface area (Å²) in [5, 5.41) is 2.81. The second-order valence-corrected chi connectivity index (χ2v) is 11.1. The van der Waals surface area contributed by atoms with Gasteiger partial charge in [-0.3, -0.25) is 14.2 Å². The van der Waals surface area contributed by atoms with E-state index in [1.54, 1.807) is 22.9 Å². The highest BCUT2D eigenvalue weighted by molar-refractivity contribution is 5.72. The van der Waals surface area contributed by atoms with Gasteiger partial charge in [-0.1, -0.05) is 92.4 Å². The molecule has 0 aromatic heterocycles. The molecule has 5 rings (SSSR count). The fourth-order valence-electron chi connectivity index (χ4n) is 5.33. The monoisotopic (exact) mass is 594 g/mol. The van der Waals surface area contributed by atoms with Gasteiger partial charge in [-0.05, 0) is 41.7 Å². The third-order valence-electron chi connectivity index (χ3n) is 7.63. The van der Waals surface area contributed by atoms with Crippen LogP contribution in [0.5, 0.6) is 5.75 Å². The molecular weight excluding hydrogens is 555 g/mol. The first-order valence-corrected chi connectivity index (χ1v) is 15.4. The fourth-order valence-corrected chi connectivity index (χ4v) is 5.33. The summed E-state index contributed by atoms with van der Waals surface area (Å²) in [5.41, 5.74) is 4.53. The topological polar surface area (TPSA) is 89.0 Å². The summed E-state index contributed by atoms with van der Waals surface area (Å²) < 4.78 is 22.3. The summed E-state index contributed by atoms with van der Waals surface area (Å²) in [5.74, 6) is 0.355. The summed E-state index contributed by atoms with van der Waals surface area (Å²) in [6.45, 7) is 2.70. The average Bonchev–Trinajstić information content (AvgIpc) is 3.34. The van der Waals surface area contributed by atoms with Gasteiger partial charge < -0.3 is 15.0 Å². The first kappa shape index (κ1) is 30.7. The molecule has 3 aromatic carbocycles. The maximum atomic E-state index is 14.9. The molecule has 2 heterocycles. The third kappa shape index (κ3) is 8.22. The van der Waals surface area contributed by atoms with Gasteiger partial charge in [-0.25, -0.2) is 9.37 Å². The molecule has 2 aliphatic heterocycles. The van der Waals surface area contributed by atoms with E-state index in [0.717, 1.165) is 67.6 Å². The summed E-state index contributed by atoms with van der Waals surface area (Å²) in [6.07, 6.45) is 8.70. The number of nitrogens with one attached hydrogen (secondary N) is 2. The molecule has 7 nitrogen and oxygen atoms in total. The number of carbonyl (C=O) groups is 1. The minimum absolute atomic E-state index is 0.0114. The minimum atomic E-state index is -0.443. The SMILES string of the molecule is CC(=O)NCCCCCCCCOc1ccc(Cc2nc3c(Cc4ccccc4)[nH]c(-c4ccccc4)cn-3c2=O)cc1F. The van der Waals surface area contributed by atoms with Crippen LogP contribution in [0.3, 0.4) is 0 Å². The lowest BCUT2D eigenvalue weighted by Crippen LogP contribution is -2.20. The van der Waals surface area contributed by atoms with Crippen molar-refractivity contribution in [3.8, 4) is 22.8 Å². The number of nitrogens with zero attached hydrogens (tertiary/aromatic N) is 2. The van der Waals surface area contributed by atoms with Crippen LogP contribution in [-0.4, -0.2) is 33.6 Å². The van der Waals surface area contributed by atoms with Gasteiger partial charge in [0.1, 0.15) is 5.69 Å². The van der Waals surface area contributed by atoms with Crippen molar-refractivity contribution >= 4 is 5.91 Å². The second kappa shape index (κ2) is 15.1. The summed E-state index contributed by atoms with van der Waals surface area (Å²) in [6, 6.07) is 24.8. The van der Waals surface area contributed by atoms with Crippen LogP contribution in [0.25, 0.3) is 17.1 Å². The van der Waals surface area contributed by atoms with Gasteiger partial charge >= 0.3 is 0 Å². The number of aromatic amines is 1. The van der Waals surface area contributed by atoms with Crippen LogP contribution in [0.4, 0.5) is 4.39 Å². The molecule has 2 aliphatic rings. The highest BCUT2D eigenvalue weighted by atomic mass is 19.1. The molecule has 3 aromatic rings. The predicted octanol–water partition coefficient (Wildman–Crippen LogP) is 6.84. The van der Waals surface area contributed by atoms with Crippen molar-refractivity contribution < 1.29 is 13.9 Å². The van der Waals surface area contributed by atoms with Crippen LogP contribution >= 0.6 is 0 Å². The van der Waals surface area contributed by atoms with Gasteiger partial charge in [-0.2, -0.15) is 0 Å². The lowest BCUT2D eigenvalue weighted by molar-refractivity contribution is -0.118. The van der Waals surface area contributed by atoms with Crippen molar-refractivity contribution in [3.05, 3.63) is 124 Å². The Bertz CT molecular complexity index is 1680. The van der Waals surface area contributed by atoms with E-state index in [0.29, 0.717) is 30.1 Å². The molecule has 8 heteroatoms. The number of ether oxygens (including phenoxy) is 1. The number of halogens is 1. The maximum Gasteiger partial charge on any atom is 0.278 e. The third-order valence-corrected chi connectivity index (χ3v) is 7.63. The van der Waals surface area contributed by atoms with Crippen molar-refractivity contribution in [2.24, 2.45) is 0 Å². The Morgan fingerprint density at radius 3 is 2.32 bits per heavy atom. The van der Waals surface area contributed by atoms with Gasteiger partial charge in [0.15, 0.2) is 17.4 Å². The maximum absolute atomic E-state index is 14.9. The lowest BCUT2D eigenvalue weighted by Gasteiger charge is -2.13. The normalized spacial score (nSPS) is 11.1. The Morgan fingerprint density at radius 2 is 1.59 bits per heavy atom. The number of hydrogen-bond donors (Lipinski definition) is 2. The Kier molecular flexibility index (Phi) is 10.6. The molecule has 0 radical (unpaired) electrons. The van der Waals surface area contributed by atoms with E-state index in [1.165, 1.54) is 13.0 Å². The van der Waals surface area contributed by atoms with Gasteiger partial charge in [0, 0.05) is 32.5 Å². The molecule has 44 heavy (non-hydrogen) atoms. The molecule has 0 spiro atoms. The highest BCUT2D eigenvalue weighted by Crippen LogP contribution is 2.25. The zero-order chi connectivity index (χ0) is 30.7. The molecule has 0 saturated heterocycles. The van der Waals surface area contributed by atoms with Gasteiger partial charge in [0.25, 0.3) is 5.56 Å². The Balaban J connectivity index is 1.23. The van der Waals surface area contributed by atoms with Crippen LogP contribution in [0, 0.1) is 5.82 Å². The number of imidazole rings is 1. The van der Waals surface area contributed by atoms with Gasteiger partial charge in [-0.15, -0.1) is 0 Å². The van der Waals surface area contributed by atoms with E-state index < -0.39 is 5.82 Å².